The summed E-state index contributed by atoms with van der Waals surface area (Å²) in [5.74, 6) is 0. The summed E-state index contributed by atoms with van der Waals surface area (Å²) in [4.78, 5) is 7.66. The number of fused-ring (bicyclic) bond motifs is 3. The third-order valence-electron chi connectivity index (χ3n) is 9.37. The van der Waals surface area contributed by atoms with Gasteiger partial charge in [0.15, 0.2) is 13.8 Å². The van der Waals surface area contributed by atoms with E-state index >= 15 is 0 Å². The predicted octanol–water partition coefficient (Wildman–Crippen LogP) is 8.93. The van der Waals surface area contributed by atoms with E-state index in [4.69, 9.17) is 13.1 Å². The standard InChI is InChI=1S/C44H29N3Si/c1-45-34-26-28-43-40(31-34)39-23-12-13-24-42(39)47(43)44-30-33(25-27-41(44)46-2)32-15-14-22-38(29-32)48(35-16-6-3-7-17-35,36-18-8-4-9-19-36)37-20-10-5-11-21-37/h3-31H. The largest absolute Gasteiger partial charge is 0.319 e. The summed E-state index contributed by atoms with van der Waals surface area (Å²) in [5, 5.41) is 7.34. The van der Waals surface area contributed by atoms with Gasteiger partial charge in [0.2, 0.25) is 5.69 Å². The van der Waals surface area contributed by atoms with Gasteiger partial charge in [0, 0.05) is 5.39 Å². The van der Waals surface area contributed by atoms with E-state index in [1.54, 1.807) is 0 Å². The molecular formula is C44H29N3Si. The molecule has 8 aromatic rings. The van der Waals surface area contributed by atoms with Crippen molar-refractivity contribution in [2.24, 2.45) is 0 Å². The fourth-order valence-corrected chi connectivity index (χ4v) is 12.1. The highest BCUT2D eigenvalue weighted by molar-refractivity contribution is 7.19. The van der Waals surface area contributed by atoms with E-state index in [2.05, 4.69) is 154 Å². The molecule has 0 saturated heterocycles. The fraction of sp³-hybridized carbons (Fsp3) is 0. The summed E-state index contributed by atoms with van der Waals surface area (Å²) in [7, 11) is -2.71. The Bertz CT molecular complexity index is 2430. The van der Waals surface area contributed by atoms with Crippen LogP contribution in [-0.2, 0) is 0 Å². The minimum atomic E-state index is -2.71. The Kier molecular flexibility index (Phi) is 7.27. The highest BCUT2D eigenvalue weighted by Crippen LogP contribution is 2.38. The summed E-state index contributed by atoms with van der Waals surface area (Å²) in [5.41, 5.74) is 6.13. The van der Waals surface area contributed by atoms with Crippen LogP contribution in [0.2, 0.25) is 0 Å². The third-order valence-corrected chi connectivity index (χ3v) is 14.1. The topological polar surface area (TPSA) is 13.6 Å². The van der Waals surface area contributed by atoms with Crippen LogP contribution < -0.4 is 20.7 Å². The van der Waals surface area contributed by atoms with E-state index in [0.29, 0.717) is 11.4 Å². The van der Waals surface area contributed by atoms with Crippen LogP contribution in [0.1, 0.15) is 0 Å². The lowest BCUT2D eigenvalue weighted by molar-refractivity contribution is 1.19. The van der Waals surface area contributed by atoms with Crippen molar-refractivity contribution in [3.05, 3.63) is 199 Å². The molecule has 4 heteroatoms. The number of hydrogen-bond donors (Lipinski definition) is 0. The van der Waals surface area contributed by atoms with Crippen molar-refractivity contribution in [3.63, 3.8) is 0 Å². The maximum Gasteiger partial charge on any atom is 0.210 e. The van der Waals surface area contributed by atoms with Gasteiger partial charge < -0.3 is 4.57 Å². The van der Waals surface area contributed by atoms with Gasteiger partial charge in [-0.1, -0.05) is 152 Å². The van der Waals surface area contributed by atoms with Crippen molar-refractivity contribution in [2.75, 3.05) is 0 Å². The molecule has 1 aromatic heterocycles. The predicted molar refractivity (Wildman–Crippen MR) is 202 cm³/mol. The lowest BCUT2D eigenvalue weighted by Crippen LogP contribution is -2.74. The Hall–Kier alpha value is -6.46. The number of para-hydroxylation sites is 1. The maximum absolute atomic E-state index is 8.12. The van der Waals surface area contributed by atoms with E-state index in [1.165, 1.54) is 20.7 Å². The second-order valence-corrected chi connectivity index (χ2v) is 15.7. The molecule has 0 saturated carbocycles. The minimum Gasteiger partial charge on any atom is -0.319 e. The zero-order chi connectivity index (χ0) is 32.5. The highest BCUT2D eigenvalue weighted by atomic mass is 28.3. The van der Waals surface area contributed by atoms with Gasteiger partial charge in [0.25, 0.3) is 0 Å². The molecule has 0 unspecified atom stereocenters. The minimum absolute atomic E-state index is 0.577. The molecule has 0 aliphatic rings. The lowest BCUT2D eigenvalue weighted by atomic mass is 10.0. The molecule has 0 aliphatic carbocycles. The highest BCUT2D eigenvalue weighted by Gasteiger charge is 2.41. The molecule has 0 N–H and O–H groups in total. The third kappa shape index (κ3) is 4.64. The van der Waals surface area contributed by atoms with Gasteiger partial charge in [-0.2, -0.15) is 0 Å². The molecule has 48 heavy (non-hydrogen) atoms. The van der Waals surface area contributed by atoms with Crippen molar-refractivity contribution in [1.29, 1.82) is 0 Å². The number of rotatable bonds is 6. The molecule has 1 heterocycles. The summed E-state index contributed by atoms with van der Waals surface area (Å²) >= 11 is 0. The molecule has 224 valence electrons. The summed E-state index contributed by atoms with van der Waals surface area (Å²) < 4.78 is 2.18. The van der Waals surface area contributed by atoms with E-state index in [0.717, 1.165) is 38.6 Å². The van der Waals surface area contributed by atoms with Gasteiger partial charge in [-0.25, -0.2) is 9.69 Å². The molecule has 0 spiro atoms. The first-order chi connectivity index (χ1) is 23.7. The molecule has 0 bridgehead atoms. The van der Waals surface area contributed by atoms with E-state index in [9.17, 15) is 0 Å². The first-order valence-electron chi connectivity index (χ1n) is 15.9. The second-order valence-electron chi connectivity index (χ2n) is 11.9. The molecule has 0 atom stereocenters. The SMILES string of the molecule is [C-]#[N+]c1ccc2c(c1)c1ccccc1n2-c1cc(-c2cccc([Si](c3ccccc3)(c3ccccc3)c3ccccc3)c2)ccc1[N+]#[C-]. The molecular weight excluding hydrogens is 599 g/mol. The molecule has 7 aromatic carbocycles. The lowest BCUT2D eigenvalue weighted by Gasteiger charge is -2.34. The Balaban J connectivity index is 1.38. The van der Waals surface area contributed by atoms with Crippen molar-refractivity contribution in [1.82, 2.24) is 4.57 Å². The number of nitrogens with zero attached hydrogens (tertiary/aromatic N) is 3. The van der Waals surface area contributed by atoms with Crippen molar-refractivity contribution >= 4 is 62.0 Å². The van der Waals surface area contributed by atoms with Crippen LogP contribution in [-0.4, -0.2) is 12.6 Å². The van der Waals surface area contributed by atoms with E-state index in [-0.39, 0.29) is 0 Å². The molecule has 0 amide bonds. The molecule has 0 radical (unpaired) electrons. The number of aromatic nitrogens is 1. The van der Waals surface area contributed by atoms with Crippen molar-refractivity contribution in [3.8, 4) is 16.8 Å². The van der Waals surface area contributed by atoms with Crippen LogP contribution in [0.3, 0.4) is 0 Å². The van der Waals surface area contributed by atoms with Gasteiger partial charge in [0.1, 0.15) is 0 Å². The van der Waals surface area contributed by atoms with Crippen LogP contribution in [0.5, 0.6) is 0 Å². The Morgan fingerprint density at radius 1 is 0.417 bits per heavy atom. The monoisotopic (exact) mass is 627 g/mol. The van der Waals surface area contributed by atoms with Crippen molar-refractivity contribution in [2.45, 2.75) is 0 Å². The van der Waals surface area contributed by atoms with Crippen LogP contribution in [0, 0.1) is 13.1 Å². The van der Waals surface area contributed by atoms with Crippen LogP contribution >= 0.6 is 0 Å². The second kappa shape index (κ2) is 12.0. The molecule has 8 rings (SSSR count). The smallest absolute Gasteiger partial charge is 0.210 e. The van der Waals surface area contributed by atoms with Gasteiger partial charge in [-0.05, 0) is 61.5 Å². The van der Waals surface area contributed by atoms with Crippen LogP contribution in [0.25, 0.3) is 48.3 Å². The summed E-state index contributed by atoms with van der Waals surface area (Å²) in [6.45, 7) is 15.7. The van der Waals surface area contributed by atoms with Gasteiger partial charge >= 0.3 is 0 Å². The molecule has 0 aliphatic heterocycles. The normalized spacial score (nSPS) is 11.3. The Morgan fingerprint density at radius 2 is 0.979 bits per heavy atom. The average Bonchev–Trinajstić information content (AvgIpc) is 3.50. The van der Waals surface area contributed by atoms with Crippen molar-refractivity contribution < 1.29 is 0 Å². The first kappa shape index (κ1) is 29.0. The molecule has 3 nitrogen and oxygen atoms in total. The summed E-state index contributed by atoms with van der Waals surface area (Å²) in [6.07, 6.45) is 0. The van der Waals surface area contributed by atoms with Gasteiger partial charge in [-0.3, -0.25) is 0 Å². The first-order valence-corrected chi connectivity index (χ1v) is 17.9. The average molecular weight is 628 g/mol. The van der Waals surface area contributed by atoms with Crippen LogP contribution in [0.4, 0.5) is 11.4 Å². The van der Waals surface area contributed by atoms with E-state index < -0.39 is 8.07 Å². The quantitative estimate of drug-likeness (QED) is 0.0993. The fourth-order valence-electron chi connectivity index (χ4n) is 7.26. The zero-order valence-corrected chi connectivity index (χ0v) is 27.1. The Morgan fingerprint density at radius 3 is 1.60 bits per heavy atom. The van der Waals surface area contributed by atoms with Gasteiger partial charge in [0.05, 0.1) is 29.9 Å². The zero-order valence-electron chi connectivity index (χ0n) is 26.1. The number of benzene rings is 7. The van der Waals surface area contributed by atoms with E-state index in [1.807, 2.05) is 36.4 Å². The summed E-state index contributed by atoms with van der Waals surface area (Å²) in [6, 6.07) is 62.1. The Labute approximate surface area is 281 Å². The maximum atomic E-state index is 8.12. The van der Waals surface area contributed by atoms with Gasteiger partial charge in [-0.15, -0.1) is 0 Å². The number of hydrogen-bond acceptors (Lipinski definition) is 0. The molecule has 0 fully saturated rings. The van der Waals surface area contributed by atoms with Crippen LogP contribution in [0.15, 0.2) is 176 Å².